The maximum absolute atomic E-state index is 11.4. The maximum atomic E-state index is 11.4. The van der Waals surface area contributed by atoms with Gasteiger partial charge in [-0.15, -0.1) is 0 Å². The lowest BCUT2D eigenvalue weighted by atomic mass is 9.89. The molecule has 0 aromatic heterocycles. The molecule has 0 aromatic rings. The van der Waals surface area contributed by atoms with Gasteiger partial charge in [-0.05, 0) is 27.7 Å². The van der Waals surface area contributed by atoms with Gasteiger partial charge in [0.1, 0.15) is 23.4 Å². The summed E-state index contributed by atoms with van der Waals surface area (Å²) in [6.45, 7) is 4.89. The third-order valence-corrected chi connectivity index (χ3v) is 2.70. The van der Waals surface area contributed by atoms with Gasteiger partial charge in [-0.2, -0.15) is 4.21 Å². The average molecular weight is 278 g/mol. The predicted octanol–water partition coefficient (Wildman–Crippen LogP) is 0.246. The molecule has 0 saturated carbocycles. The zero-order valence-corrected chi connectivity index (χ0v) is 11.3. The van der Waals surface area contributed by atoms with Crippen molar-refractivity contribution in [2.45, 2.75) is 34.1 Å². The van der Waals surface area contributed by atoms with E-state index in [9.17, 15) is 23.4 Å². The second kappa shape index (κ2) is 6.39. The third-order valence-electron chi connectivity index (χ3n) is 2.09. The smallest absolute Gasteiger partial charge is 0.334 e. The predicted molar refractivity (Wildman–Crippen MR) is 60.1 cm³/mol. The fourth-order valence-corrected chi connectivity index (χ4v) is 1.21. The van der Waals surface area contributed by atoms with Crippen molar-refractivity contribution in [2.75, 3.05) is 0 Å². The van der Waals surface area contributed by atoms with Gasteiger partial charge in [-0.25, -0.2) is 4.79 Å². The van der Waals surface area contributed by atoms with E-state index in [4.69, 9.17) is 0 Å². The molecule has 7 nitrogen and oxygen atoms in total. The summed E-state index contributed by atoms with van der Waals surface area (Å²) in [6, 6.07) is 0. The van der Waals surface area contributed by atoms with Crippen LogP contribution in [0.1, 0.15) is 34.1 Å². The molecule has 0 rings (SSSR count). The number of hydrogen-bond donors (Lipinski definition) is 0. The van der Waals surface area contributed by atoms with E-state index < -0.39 is 46.7 Å². The van der Waals surface area contributed by atoms with Crippen molar-refractivity contribution in [3.05, 3.63) is 0 Å². The molecule has 0 fully saturated rings. The van der Waals surface area contributed by atoms with Crippen LogP contribution in [0.5, 0.6) is 0 Å². The highest BCUT2D eigenvalue weighted by molar-refractivity contribution is 7.76. The Morgan fingerprint density at radius 1 is 1.06 bits per heavy atom. The second-order valence-electron chi connectivity index (χ2n) is 4.09. The van der Waals surface area contributed by atoms with Crippen LogP contribution in [-0.4, -0.2) is 27.7 Å². The van der Waals surface area contributed by atoms with E-state index in [1.807, 2.05) is 0 Å². The van der Waals surface area contributed by atoms with Crippen LogP contribution >= 0.6 is 0 Å². The van der Waals surface area contributed by atoms with E-state index >= 15 is 0 Å². The van der Waals surface area contributed by atoms with E-state index in [0.29, 0.717) is 0 Å². The molecule has 0 amide bonds. The van der Waals surface area contributed by atoms with Crippen LogP contribution in [0.3, 0.4) is 0 Å². The number of carbonyl (C=O) groups is 4. The SMILES string of the molecule is CC(=O)CC(=O)OS(=O)OC(=O)C(C)(C)C(C)=O. The first kappa shape index (κ1) is 16.4. The van der Waals surface area contributed by atoms with Gasteiger partial charge in [0, 0.05) is 0 Å². The summed E-state index contributed by atoms with van der Waals surface area (Å²) in [5, 5.41) is 0. The summed E-state index contributed by atoms with van der Waals surface area (Å²) in [5.74, 6) is -3.12. The first-order valence-electron chi connectivity index (χ1n) is 4.93. The Labute approximate surface area is 107 Å². The molecule has 0 spiro atoms. The molecule has 102 valence electrons. The van der Waals surface area contributed by atoms with Gasteiger partial charge in [0.05, 0.1) is 0 Å². The van der Waals surface area contributed by atoms with Crippen LogP contribution in [0.25, 0.3) is 0 Å². The van der Waals surface area contributed by atoms with Gasteiger partial charge in [0.15, 0.2) is 0 Å². The summed E-state index contributed by atoms with van der Waals surface area (Å²) in [4.78, 5) is 44.0. The van der Waals surface area contributed by atoms with E-state index in [1.54, 1.807) is 0 Å². The molecule has 0 radical (unpaired) electrons. The van der Waals surface area contributed by atoms with Crippen LogP contribution in [0.15, 0.2) is 0 Å². The van der Waals surface area contributed by atoms with Gasteiger partial charge in [0.2, 0.25) is 0 Å². The van der Waals surface area contributed by atoms with Gasteiger partial charge in [-0.3, -0.25) is 14.4 Å². The Kier molecular flexibility index (Phi) is 5.83. The fourth-order valence-electron chi connectivity index (χ4n) is 0.635. The normalized spacial score (nSPS) is 12.4. The zero-order valence-electron chi connectivity index (χ0n) is 10.5. The lowest BCUT2D eigenvalue weighted by Gasteiger charge is -2.17. The molecule has 0 aliphatic carbocycles. The molecule has 18 heavy (non-hydrogen) atoms. The van der Waals surface area contributed by atoms with Gasteiger partial charge in [-0.1, -0.05) is 0 Å². The van der Waals surface area contributed by atoms with Gasteiger partial charge >= 0.3 is 23.3 Å². The van der Waals surface area contributed by atoms with Gasteiger partial charge < -0.3 is 8.37 Å². The number of ketones is 2. The van der Waals surface area contributed by atoms with E-state index in [-0.39, 0.29) is 0 Å². The maximum Gasteiger partial charge on any atom is 0.422 e. The van der Waals surface area contributed by atoms with Crippen molar-refractivity contribution in [3.63, 3.8) is 0 Å². The highest BCUT2D eigenvalue weighted by atomic mass is 32.2. The van der Waals surface area contributed by atoms with Crippen LogP contribution in [0, 0.1) is 5.41 Å². The quantitative estimate of drug-likeness (QED) is 0.641. The Bertz CT molecular complexity index is 410. The molecule has 0 aliphatic rings. The van der Waals surface area contributed by atoms with E-state index in [1.165, 1.54) is 20.8 Å². The summed E-state index contributed by atoms with van der Waals surface area (Å²) in [5.41, 5.74) is -1.48. The molecular formula is C10H14O7S. The topological polar surface area (TPSA) is 104 Å². The fraction of sp³-hybridized carbons (Fsp3) is 0.600. The van der Waals surface area contributed by atoms with Gasteiger partial charge in [0.25, 0.3) is 0 Å². The van der Waals surface area contributed by atoms with Crippen molar-refractivity contribution in [1.82, 2.24) is 0 Å². The molecule has 0 N–H and O–H groups in total. The summed E-state index contributed by atoms with van der Waals surface area (Å²) in [6.07, 6.45) is -0.570. The largest absolute Gasteiger partial charge is 0.422 e. The van der Waals surface area contributed by atoms with Crippen molar-refractivity contribution in [1.29, 1.82) is 0 Å². The highest BCUT2D eigenvalue weighted by Crippen LogP contribution is 2.19. The zero-order chi connectivity index (χ0) is 14.5. The molecule has 1 unspecified atom stereocenters. The Hall–Kier alpha value is -1.57. The lowest BCUT2D eigenvalue weighted by Crippen LogP contribution is -2.34. The average Bonchev–Trinajstić information content (AvgIpc) is 2.14. The van der Waals surface area contributed by atoms with Crippen molar-refractivity contribution < 1.29 is 31.8 Å². The molecule has 8 heteroatoms. The summed E-state index contributed by atoms with van der Waals surface area (Å²) in [7, 11) is 0. The number of hydrogen-bond acceptors (Lipinski definition) is 7. The van der Waals surface area contributed by atoms with Crippen molar-refractivity contribution in [2.24, 2.45) is 5.41 Å². The molecule has 1 atom stereocenters. The number of rotatable bonds is 6. The Morgan fingerprint density at radius 2 is 1.56 bits per heavy atom. The minimum atomic E-state index is -2.66. The van der Waals surface area contributed by atoms with Crippen molar-refractivity contribution in [3.8, 4) is 0 Å². The van der Waals surface area contributed by atoms with Crippen LogP contribution in [-0.2, 0) is 38.9 Å². The molecule has 0 aliphatic heterocycles. The first-order chi connectivity index (χ1) is 8.07. The minimum absolute atomic E-state index is 0.479. The number of Topliss-reactive ketones (excluding diaryl/α,β-unsaturated/α-hetero) is 2. The number of carbonyl (C=O) groups excluding carboxylic acids is 4. The lowest BCUT2D eigenvalue weighted by molar-refractivity contribution is -0.149. The highest BCUT2D eigenvalue weighted by Gasteiger charge is 2.36. The third kappa shape index (κ3) is 5.17. The molecular weight excluding hydrogens is 264 g/mol. The van der Waals surface area contributed by atoms with Crippen LogP contribution in [0.4, 0.5) is 0 Å². The minimum Gasteiger partial charge on any atom is -0.334 e. The summed E-state index contributed by atoms with van der Waals surface area (Å²) >= 11 is -2.66. The summed E-state index contributed by atoms with van der Waals surface area (Å²) < 4.78 is 19.6. The monoisotopic (exact) mass is 278 g/mol. The van der Waals surface area contributed by atoms with Crippen molar-refractivity contribution >= 4 is 34.9 Å². The first-order valence-corrected chi connectivity index (χ1v) is 5.93. The molecule has 0 saturated heterocycles. The van der Waals surface area contributed by atoms with Crippen LogP contribution in [0.2, 0.25) is 0 Å². The Balaban J connectivity index is 4.42. The Morgan fingerprint density at radius 3 is 1.94 bits per heavy atom. The molecule has 0 bridgehead atoms. The van der Waals surface area contributed by atoms with E-state index in [0.717, 1.165) is 6.92 Å². The molecule has 0 aromatic carbocycles. The van der Waals surface area contributed by atoms with E-state index in [2.05, 4.69) is 8.37 Å². The standard InChI is InChI=1S/C10H14O7S/c1-6(11)5-8(13)16-18(15)17-9(14)10(3,4)7(2)12/h5H2,1-4H3. The molecule has 0 heterocycles. The van der Waals surface area contributed by atoms with Crippen LogP contribution < -0.4 is 0 Å². The second-order valence-corrected chi connectivity index (χ2v) is 4.83.